The standard InChI is InChI=1S/C41H55ClFNO5S/c1-26-8-7-18-40(4)34(17-19-41(40,47)25-44(50(5,48)49)24-28-13-14-29-22-35(28)39(29,2)3)31-16-12-27(20-30(45)15-11-26)21-32(31)38(46)23-33-36(42)9-6-10-37(33)43/h6,8-10,12,16,21,28-30,34-35,45,47H,7,11,13-15,17-20,22-25H2,1-5H3/t28-,29-,30-,34-,35-,40-,41+/m0/s1. The maximum atomic E-state index is 14.9. The number of halogens is 2. The van der Waals surface area contributed by atoms with E-state index in [-0.39, 0.29) is 46.6 Å². The lowest BCUT2D eigenvalue weighted by Crippen LogP contribution is -2.58. The topological polar surface area (TPSA) is 94.9 Å². The molecule has 0 heterocycles. The fourth-order valence-electron chi connectivity index (χ4n) is 10.3. The lowest BCUT2D eigenvalue weighted by Gasteiger charge is -2.60. The van der Waals surface area contributed by atoms with Crippen LogP contribution in [-0.2, 0) is 22.9 Å². The first-order chi connectivity index (χ1) is 23.4. The molecule has 8 rings (SSSR count). The average Bonchev–Trinajstić information content (AvgIpc) is 3.29. The maximum Gasteiger partial charge on any atom is 0.211 e. The summed E-state index contributed by atoms with van der Waals surface area (Å²) in [5.74, 6) is 0.355. The molecule has 2 N–H and O–H groups in total. The molecule has 0 radical (unpaired) electrons. The van der Waals surface area contributed by atoms with Crippen LogP contribution in [0, 0.1) is 34.4 Å². The Bertz CT molecular complexity index is 1740. The van der Waals surface area contributed by atoms with Gasteiger partial charge in [0.1, 0.15) is 5.82 Å². The highest BCUT2D eigenvalue weighted by Gasteiger charge is 2.59. The third-order valence-electron chi connectivity index (χ3n) is 13.7. The number of aliphatic hydroxyl groups is 2. The van der Waals surface area contributed by atoms with Crippen LogP contribution in [0.4, 0.5) is 4.39 Å². The predicted molar refractivity (Wildman–Crippen MR) is 197 cm³/mol. The van der Waals surface area contributed by atoms with Crippen molar-refractivity contribution >= 4 is 27.4 Å². The third-order valence-corrected chi connectivity index (χ3v) is 15.3. The first-order valence-corrected chi connectivity index (χ1v) is 20.8. The number of hydrogen-bond donors (Lipinski definition) is 2. The van der Waals surface area contributed by atoms with Gasteiger partial charge < -0.3 is 10.2 Å². The molecule has 50 heavy (non-hydrogen) atoms. The number of hydrogen-bond acceptors (Lipinski definition) is 5. The molecular formula is C41H55ClFNO5S. The molecule has 6 aliphatic rings. The van der Waals surface area contributed by atoms with Gasteiger partial charge in [-0.05, 0) is 130 Å². The van der Waals surface area contributed by atoms with Gasteiger partial charge in [0.15, 0.2) is 5.78 Å². The number of ketones is 1. The molecule has 2 aromatic carbocycles. The molecule has 9 heteroatoms. The molecule has 274 valence electrons. The first-order valence-electron chi connectivity index (χ1n) is 18.5. The lowest BCUT2D eigenvalue weighted by molar-refractivity contribution is -0.114. The summed E-state index contributed by atoms with van der Waals surface area (Å²) in [6.45, 7) is 9.18. The Hall–Kier alpha value is -2.10. The second-order valence-electron chi connectivity index (χ2n) is 17.0. The van der Waals surface area contributed by atoms with Crippen molar-refractivity contribution in [1.82, 2.24) is 4.31 Å². The Balaban J connectivity index is 1.39. The number of allylic oxidation sites excluding steroid dienone is 2. The molecule has 4 bridgehead atoms. The van der Waals surface area contributed by atoms with E-state index in [4.69, 9.17) is 11.6 Å². The van der Waals surface area contributed by atoms with Crippen LogP contribution in [0.1, 0.15) is 118 Å². The molecule has 0 spiro atoms. The van der Waals surface area contributed by atoms with E-state index in [9.17, 15) is 27.8 Å². The number of benzene rings is 2. The fraction of sp³-hybridized carbons (Fsp3) is 0.634. The van der Waals surface area contributed by atoms with E-state index in [1.165, 1.54) is 24.0 Å². The van der Waals surface area contributed by atoms with E-state index in [0.29, 0.717) is 62.5 Å². The van der Waals surface area contributed by atoms with Crippen LogP contribution in [0.25, 0.3) is 0 Å². The van der Waals surface area contributed by atoms with Gasteiger partial charge >= 0.3 is 0 Å². The minimum atomic E-state index is -3.64. The minimum Gasteiger partial charge on any atom is -0.393 e. The monoisotopic (exact) mass is 727 g/mol. The second kappa shape index (κ2) is 14.0. The number of carbonyl (C=O) groups is 1. The Kier molecular flexibility index (Phi) is 10.6. The van der Waals surface area contributed by atoms with Gasteiger partial charge in [-0.3, -0.25) is 4.79 Å². The number of Topliss-reactive ketones (excluding diaryl/α,β-unsaturated/α-hetero) is 1. The number of fused-ring (bicyclic) bond motifs is 10. The summed E-state index contributed by atoms with van der Waals surface area (Å²) in [6, 6.07) is 10.1. The van der Waals surface area contributed by atoms with Crippen molar-refractivity contribution < 1.29 is 27.8 Å². The smallest absolute Gasteiger partial charge is 0.211 e. The van der Waals surface area contributed by atoms with Crippen molar-refractivity contribution in [2.45, 2.75) is 116 Å². The lowest BCUT2D eigenvalue weighted by atomic mass is 9.45. The number of carbonyl (C=O) groups excluding carboxylic acids is 1. The Morgan fingerprint density at radius 3 is 2.52 bits per heavy atom. The van der Waals surface area contributed by atoms with Gasteiger partial charge in [-0.15, -0.1) is 0 Å². The molecule has 0 amide bonds. The van der Waals surface area contributed by atoms with Crippen molar-refractivity contribution in [3.8, 4) is 0 Å². The van der Waals surface area contributed by atoms with Crippen LogP contribution >= 0.6 is 11.6 Å². The number of aliphatic hydroxyl groups excluding tert-OH is 1. The van der Waals surface area contributed by atoms with Gasteiger partial charge in [0.05, 0.1) is 18.0 Å². The molecular weight excluding hydrogens is 673 g/mol. The largest absolute Gasteiger partial charge is 0.393 e. The highest BCUT2D eigenvalue weighted by molar-refractivity contribution is 7.88. The van der Waals surface area contributed by atoms with E-state index < -0.39 is 33.0 Å². The molecule has 2 aromatic rings. The van der Waals surface area contributed by atoms with Crippen LogP contribution in [-0.4, -0.2) is 59.8 Å². The van der Waals surface area contributed by atoms with Crippen LogP contribution in [0.3, 0.4) is 0 Å². The minimum absolute atomic E-state index is 0.00694. The highest BCUT2D eigenvalue weighted by atomic mass is 35.5. The first kappa shape index (κ1) is 37.7. The van der Waals surface area contributed by atoms with Crippen molar-refractivity contribution in [3.63, 3.8) is 0 Å². The summed E-state index contributed by atoms with van der Waals surface area (Å²) < 4.78 is 43.5. The SMILES string of the molecule is CC1=CCC[C@@]2(C)[C@@H](CC[C@@]2(O)CN(C[C@@H]2CC[C@H]3C[C@@H]2C3(C)C)S(C)(=O)=O)c2ccc(cc2C(=O)Cc2c(F)cccc2Cl)C[C@@H](O)CC1. The van der Waals surface area contributed by atoms with E-state index in [2.05, 4.69) is 33.8 Å². The van der Waals surface area contributed by atoms with E-state index in [1.807, 2.05) is 18.2 Å². The summed E-state index contributed by atoms with van der Waals surface area (Å²) in [5, 5.41) is 24.0. The van der Waals surface area contributed by atoms with E-state index in [1.54, 1.807) is 10.4 Å². The summed E-state index contributed by atoms with van der Waals surface area (Å²) in [4.78, 5) is 14.2. The normalized spacial score (nSPS) is 32.6. The van der Waals surface area contributed by atoms with E-state index >= 15 is 0 Å². The van der Waals surface area contributed by atoms with Crippen LogP contribution in [0.2, 0.25) is 5.02 Å². The molecule has 0 saturated heterocycles. The zero-order valence-electron chi connectivity index (χ0n) is 30.4. The Labute approximate surface area is 303 Å². The maximum absolute atomic E-state index is 14.9. The van der Waals surface area contributed by atoms with Crippen molar-refractivity contribution in [1.29, 1.82) is 0 Å². The number of sulfonamides is 1. The molecule has 0 unspecified atom stereocenters. The third kappa shape index (κ3) is 7.13. The molecule has 0 aliphatic heterocycles. The molecule has 6 nitrogen and oxygen atoms in total. The summed E-state index contributed by atoms with van der Waals surface area (Å²) in [7, 11) is -3.64. The summed E-state index contributed by atoms with van der Waals surface area (Å²) in [6.07, 6.45) is 9.79. The molecule has 4 saturated carbocycles. The highest BCUT2D eigenvalue weighted by Crippen LogP contribution is 2.62. The van der Waals surface area contributed by atoms with Crippen LogP contribution < -0.4 is 0 Å². The summed E-state index contributed by atoms with van der Waals surface area (Å²) >= 11 is 6.37. The number of rotatable bonds is 8. The van der Waals surface area contributed by atoms with E-state index in [0.717, 1.165) is 36.8 Å². The number of nitrogens with zero attached hydrogens (tertiary/aromatic N) is 1. The zero-order valence-corrected chi connectivity index (χ0v) is 31.9. The average molecular weight is 728 g/mol. The predicted octanol–water partition coefficient (Wildman–Crippen LogP) is 8.28. The van der Waals surface area contributed by atoms with Gasteiger partial charge in [-0.2, -0.15) is 4.31 Å². The van der Waals surface area contributed by atoms with Crippen molar-refractivity contribution in [2.75, 3.05) is 19.3 Å². The van der Waals surface area contributed by atoms with Gasteiger partial charge in [-0.25, -0.2) is 12.8 Å². The van der Waals surface area contributed by atoms with Crippen molar-refractivity contribution in [3.05, 3.63) is 81.1 Å². The molecule has 4 fully saturated rings. The zero-order chi connectivity index (χ0) is 36.2. The quantitative estimate of drug-likeness (QED) is 0.211. The van der Waals surface area contributed by atoms with Crippen LogP contribution in [0.15, 0.2) is 48.0 Å². The van der Waals surface area contributed by atoms with Gasteiger partial charge in [0.2, 0.25) is 10.0 Å². The molecule has 6 aliphatic carbocycles. The fourth-order valence-corrected chi connectivity index (χ4v) is 11.4. The Morgan fingerprint density at radius 1 is 1.08 bits per heavy atom. The molecule has 7 atom stereocenters. The van der Waals surface area contributed by atoms with Gasteiger partial charge in [0.25, 0.3) is 0 Å². The van der Waals surface area contributed by atoms with Crippen molar-refractivity contribution in [2.24, 2.45) is 28.6 Å². The Morgan fingerprint density at radius 2 is 1.84 bits per heavy atom. The molecule has 0 aromatic heterocycles. The summed E-state index contributed by atoms with van der Waals surface area (Å²) in [5.41, 5.74) is 1.43. The van der Waals surface area contributed by atoms with Gasteiger partial charge in [-0.1, -0.05) is 62.2 Å². The van der Waals surface area contributed by atoms with Crippen LogP contribution in [0.5, 0.6) is 0 Å². The van der Waals surface area contributed by atoms with Gasteiger partial charge in [0, 0.05) is 41.1 Å². The second-order valence-corrected chi connectivity index (χ2v) is 19.4.